The minimum Gasteiger partial charge on any atom is -0.353 e. The summed E-state index contributed by atoms with van der Waals surface area (Å²) in [6, 6.07) is 4.06. The molecular formula is C14H21N5. The van der Waals surface area contributed by atoms with Crippen LogP contribution in [0.3, 0.4) is 0 Å². The average molecular weight is 259 g/mol. The highest BCUT2D eigenvalue weighted by molar-refractivity contribution is 5.49. The maximum Gasteiger partial charge on any atom is 0.243 e. The molecule has 2 aromatic rings. The maximum atomic E-state index is 4.54. The Hall–Kier alpha value is -1.62. The topological polar surface area (TPSA) is 45.5 Å². The monoisotopic (exact) mass is 259 g/mol. The molecule has 1 fully saturated rings. The zero-order valence-electron chi connectivity index (χ0n) is 11.6. The molecule has 1 atom stereocenters. The van der Waals surface area contributed by atoms with Crippen LogP contribution in [-0.2, 0) is 0 Å². The lowest BCUT2D eigenvalue weighted by Crippen LogP contribution is -2.22. The second-order valence-corrected chi connectivity index (χ2v) is 5.32. The highest BCUT2D eigenvalue weighted by Crippen LogP contribution is 2.16. The van der Waals surface area contributed by atoms with Gasteiger partial charge in [0.1, 0.15) is 0 Å². The quantitative estimate of drug-likeness (QED) is 0.909. The first kappa shape index (κ1) is 12.4. The molecule has 3 rings (SSSR count). The third kappa shape index (κ3) is 2.56. The van der Waals surface area contributed by atoms with Crippen LogP contribution < -0.4 is 5.32 Å². The molecule has 0 aliphatic carbocycles. The molecule has 3 heterocycles. The predicted molar refractivity (Wildman–Crippen MR) is 76.4 cm³/mol. The zero-order valence-corrected chi connectivity index (χ0v) is 11.6. The molecule has 19 heavy (non-hydrogen) atoms. The van der Waals surface area contributed by atoms with E-state index in [4.69, 9.17) is 0 Å². The summed E-state index contributed by atoms with van der Waals surface area (Å²) < 4.78 is 1.84. The number of hydrogen-bond acceptors (Lipinski definition) is 4. The van der Waals surface area contributed by atoms with Gasteiger partial charge >= 0.3 is 0 Å². The van der Waals surface area contributed by atoms with Crippen molar-refractivity contribution < 1.29 is 0 Å². The van der Waals surface area contributed by atoms with E-state index < -0.39 is 0 Å². The van der Waals surface area contributed by atoms with Gasteiger partial charge in [-0.1, -0.05) is 13.0 Å². The molecule has 0 aromatic carbocycles. The number of pyridine rings is 1. The molecule has 0 radical (unpaired) electrons. The minimum absolute atomic E-state index is 0.715. The fourth-order valence-corrected chi connectivity index (χ4v) is 2.72. The van der Waals surface area contributed by atoms with Gasteiger partial charge in [0.05, 0.1) is 0 Å². The first-order valence-electron chi connectivity index (χ1n) is 7.04. The summed E-state index contributed by atoms with van der Waals surface area (Å²) >= 11 is 0. The van der Waals surface area contributed by atoms with E-state index in [2.05, 4.69) is 40.2 Å². The van der Waals surface area contributed by atoms with E-state index >= 15 is 0 Å². The standard InChI is InChI=1S/C14H21N5/c1-3-18-8-6-12(10-18)9-15-14-16-13-11(2)5-4-7-19(13)17-14/h4-5,7,12H,3,6,8-10H2,1-2H3,(H,15,17). The van der Waals surface area contributed by atoms with Crippen molar-refractivity contribution in [2.45, 2.75) is 20.3 Å². The lowest BCUT2D eigenvalue weighted by atomic mass is 10.1. The van der Waals surface area contributed by atoms with E-state index in [9.17, 15) is 0 Å². The van der Waals surface area contributed by atoms with Gasteiger partial charge in [-0.3, -0.25) is 0 Å². The summed E-state index contributed by atoms with van der Waals surface area (Å²) in [5.74, 6) is 1.46. The Kier molecular flexibility index (Phi) is 3.38. The number of hydrogen-bond donors (Lipinski definition) is 1. The van der Waals surface area contributed by atoms with E-state index in [-0.39, 0.29) is 0 Å². The zero-order chi connectivity index (χ0) is 13.2. The van der Waals surface area contributed by atoms with Gasteiger partial charge in [-0.25, -0.2) is 4.52 Å². The summed E-state index contributed by atoms with van der Waals surface area (Å²) in [5, 5.41) is 7.83. The van der Waals surface area contributed by atoms with Crippen molar-refractivity contribution in [3.05, 3.63) is 23.9 Å². The number of anilines is 1. The molecule has 1 aliphatic heterocycles. The fourth-order valence-electron chi connectivity index (χ4n) is 2.72. The molecule has 0 spiro atoms. The molecule has 1 aliphatic rings. The SMILES string of the molecule is CCN1CCC(CNc2nc3c(C)cccn3n2)C1. The van der Waals surface area contributed by atoms with Gasteiger partial charge in [0.2, 0.25) is 5.95 Å². The third-order valence-corrected chi connectivity index (χ3v) is 3.92. The van der Waals surface area contributed by atoms with Crippen molar-refractivity contribution in [1.82, 2.24) is 19.5 Å². The van der Waals surface area contributed by atoms with E-state index in [0.29, 0.717) is 5.92 Å². The molecule has 1 unspecified atom stereocenters. The van der Waals surface area contributed by atoms with Crippen LogP contribution in [0.5, 0.6) is 0 Å². The Morgan fingerprint density at radius 1 is 1.47 bits per heavy atom. The first-order chi connectivity index (χ1) is 9.26. The van der Waals surface area contributed by atoms with Crippen molar-refractivity contribution in [2.24, 2.45) is 5.92 Å². The predicted octanol–water partition coefficient (Wildman–Crippen LogP) is 1.79. The van der Waals surface area contributed by atoms with Crippen LogP contribution in [0.1, 0.15) is 18.9 Å². The maximum absolute atomic E-state index is 4.54. The van der Waals surface area contributed by atoms with Gasteiger partial charge in [0.25, 0.3) is 0 Å². The Morgan fingerprint density at radius 3 is 3.11 bits per heavy atom. The largest absolute Gasteiger partial charge is 0.353 e. The average Bonchev–Trinajstić information content (AvgIpc) is 3.03. The third-order valence-electron chi connectivity index (χ3n) is 3.92. The molecule has 1 saturated heterocycles. The van der Waals surface area contributed by atoms with E-state index in [1.54, 1.807) is 0 Å². The molecule has 5 heteroatoms. The van der Waals surface area contributed by atoms with Crippen LogP contribution in [0, 0.1) is 12.8 Å². The Balaban J connectivity index is 1.64. The number of nitrogens with one attached hydrogen (secondary N) is 1. The lowest BCUT2D eigenvalue weighted by molar-refractivity contribution is 0.345. The summed E-state index contributed by atoms with van der Waals surface area (Å²) in [7, 11) is 0. The summed E-state index contributed by atoms with van der Waals surface area (Å²) in [6.45, 7) is 8.82. The van der Waals surface area contributed by atoms with Crippen LogP contribution in [0.2, 0.25) is 0 Å². The number of nitrogens with zero attached hydrogens (tertiary/aromatic N) is 4. The highest BCUT2D eigenvalue weighted by atomic mass is 15.3. The molecule has 2 aromatic heterocycles. The van der Waals surface area contributed by atoms with Crippen LogP contribution in [0.25, 0.3) is 5.65 Å². The number of likely N-dealkylation sites (tertiary alicyclic amines) is 1. The summed E-state index contributed by atoms with van der Waals surface area (Å²) in [4.78, 5) is 7.03. The van der Waals surface area contributed by atoms with Crippen molar-refractivity contribution >= 4 is 11.6 Å². The van der Waals surface area contributed by atoms with Gasteiger partial charge in [0, 0.05) is 19.3 Å². The molecule has 5 nitrogen and oxygen atoms in total. The van der Waals surface area contributed by atoms with E-state index in [0.717, 1.165) is 30.2 Å². The second-order valence-electron chi connectivity index (χ2n) is 5.32. The number of fused-ring (bicyclic) bond motifs is 1. The first-order valence-corrected chi connectivity index (χ1v) is 7.04. The van der Waals surface area contributed by atoms with Crippen molar-refractivity contribution in [2.75, 3.05) is 31.5 Å². The summed E-state index contributed by atoms with van der Waals surface area (Å²) in [6.07, 6.45) is 3.21. The molecule has 1 N–H and O–H groups in total. The Labute approximate surface area is 113 Å². The molecule has 0 bridgehead atoms. The van der Waals surface area contributed by atoms with Crippen molar-refractivity contribution in [3.8, 4) is 0 Å². The van der Waals surface area contributed by atoms with Crippen LogP contribution in [0.15, 0.2) is 18.3 Å². The number of aromatic nitrogens is 3. The van der Waals surface area contributed by atoms with Crippen molar-refractivity contribution in [3.63, 3.8) is 0 Å². The van der Waals surface area contributed by atoms with Crippen LogP contribution in [0.4, 0.5) is 5.95 Å². The van der Waals surface area contributed by atoms with Gasteiger partial charge in [-0.05, 0) is 44.0 Å². The van der Waals surface area contributed by atoms with Gasteiger partial charge < -0.3 is 10.2 Å². The minimum atomic E-state index is 0.715. The highest BCUT2D eigenvalue weighted by Gasteiger charge is 2.21. The molecular weight excluding hydrogens is 238 g/mol. The molecule has 0 amide bonds. The van der Waals surface area contributed by atoms with Gasteiger partial charge in [-0.15, -0.1) is 5.10 Å². The van der Waals surface area contributed by atoms with Gasteiger partial charge in [0.15, 0.2) is 5.65 Å². The van der Waals surface area contributed by atoms with Crippen LogP contribution >= 0.6 is 0 Å². The van der Waals surface area contributed by atoms with Crippen molar-refractivity contribution in [1.29, 1.82) is 0 Å². The molecule has 0 saturated carbocycles. The smallest absolute Gasteiger partial charge is 0.243 e. The molecule has 102 valence electrons. The number of rotatable bonds is 4. The van der Waals surface area contributed by atoms with Gasteiger partial charge in [-0.2, -0.15) is 4.98 Å². The fraction of sp³-hybridized carbons (Fsp3) is 0.571. The Morgan fingerprint density at radius 2 is 2.37 bits per heavy atom. The lowest BCUT2D eigenvalue weighted by Gasteiger charge is -2.12. The van der Waals surface area contributed by atoms with E-state index in [1.807, 2.05) is 16.8 Å². The van der Waals surface area contributed by atoms with Crippen LogP contribution in [-0.4, -0.2) is 45.7 Å². The number of aryl methyl sites for hydroxylation is 1. The summed E-state index contributed by atoms with van der Waals surface area (Å²) in [5.41, 5.74) is 2.09. The second kappa shape index (κ2) is 5.17. The normalized spacial score (nSPS) is 20.2. The van der Waals surface area contributed by atoms with E-state index in [1.165, 1.54) is 19.5 Å². The Bertz CT molecular complexity index is 562.